The van der Waals surface area contributed by atoms with Crippen molar-refractivity contribution in [2.45, 2.75) is 56.5 Å². The van der Waals surface area contributed by atoms with Crippen LogP contribution in [0.2, 0.25) is 0 Å². The van der Waals surface area contributed by atoms with Crippen LogP contribution in [-0.4, -0.2) is 91.0 Å². The second-order valence-corrected chi connectivity index (χ2v) is 10.8. The Morgan fingerprint density at radius 1 is 1.30 bits per heavy atom. The van der Waals surface area contributed by atoms with E-state index in [0.29, 0.717) is 58.0 Å². The fraction of sp³-hybridized carbons (Fsp3) is 0.577. The number of carbonyl (C=O) groups is 3. The molecule has 3 aliphatic rings. The molecule has 0 radical (unpaired) electrons. The molecule has 11 heteroatoms. The Hall–Kier alpha value is -2.22. The lowest BCUT2D eigenvalue weighted by atomic mass is 9.87. The molecule has 2 fully saturated rings. The highest BCUT2D eigenvalue weighted by Gasteiger charge is 2.44. The van der Waals surface area contributed by atoms with Gasteiger partial charge in [0.2, 0.25) is 5.91 Å². The van der Waals surface area contributed by atoms with Crippen molar-refractivity contribution in [1.82, 2.24) is 10.2 Å². The van der Waals surface area contributed by atoms with Crippen molar-refractivity contribution in [3.8, 4) is 11.5 Å². The van der Waals surface area contributed by atoms with Crippen LogP contribution in [0.3, 0.4) is 0 Å². The van der Waals surface area contributed by atoms with Crippen LogP contribution in [0.1, 0.15) is 42.5 Å². The van der Waals surface area contributed by atoms with Gasteiger partial charge in [-0.2, -0.15) is 0 Å². The molecule has 3 N–H and O–H groups in total. The smallest absolute Gasteiger partial charge is 0.252 e. The number of rotatable bonds is 11. The van der Waals surface area contributed by atoms with Gasteiger partial charge in [0.15, 0.2) is 11.5 Å². The lowest BCUT2D eigenvalue weighted by molar-refractivity contribution is -0.148. The second kappa shape index (κ2) is 12.5. The van der Waals surface area contributed by atoms with Crippen LogP contribution >= 0.6 is 22.6 Å². The maximum absolute atomic E-state index is 13.5. The fourth-order valence-corrected chi connectivity index (χ4v) is 5.52. The van der Waals surface area contributed by atoms with E-state index in [1.807, 2.05) is 22.6 Å². The zero-order valence-electron chi connectivity index (χ0n) is 20.7. The largest absolute Gasteiger partial charge is 0.493 e. The summed E-state index contributed by atoms with van der Waals surface area (Å²) in [6, 6.07) is 2.47. The molecule has 10 nitrogen and oxygen atoms in total. The number of halogens is 1. The summed E-state index contributed by atoms with van der Waals surface area (Å²) < 4.78 is 17.9. The van der Waals surface area contributed by atoms with Gasteiger partial charge in [-0.1, -0.05) is 0 Å². The van der Waals surface area contributed by atoms with Crippen LogP contribution in [0.25, 0.3) is 0 Å². The molecule has 0 bridgehead atoms. The summed E-state index contributed by atoms with van der Waals surface area (Å²) in [6.07, 6.45) is 3.19. The number of hydrogen-bond donors (Lipinski definition) is 3. The van der Waals surface area contributed by atoms with Crippen LogP contribution in [0.4, 0.5) is 0 Å². The molecule has 2 amide bonds. The van der Waals surface area contributed by atoms with E-state index in [1.165, 1.54) is 13.2 Å². The molecule has 37 heavy (non-hydrogen) atoms. The first-order chi connectivity index (χ1) is 17.9. The second-order valence-electron chi connectivity index (χ2n) is 9.60. The normalized spacial score (nSPS) is 25.2. The summed E-state index contributed by atoms with van der Waals surface area (Å²) >= 11 is 2.02. The number of benzene rings is 1. The number of methoxy groups -OCH3 is 1. The molecule has 1 aromatic rings. The lowest BCUT2D eigenvalue weighted by Crippen LogP contribution is -2.57. The molecule has 4 rings (SSSR count). The summed E-state index contributed by atoms with van der Waals surface area (Å²) in [6.45, 7) is 0.868. The minimum atomic E-state index is -1.13. The number of nitrogens with zero attached hydrogens (tertiary/aromatic N) is 1. The van der Waals surface area contributed by atoms with E-state index in [-0.39, 0.29) is 25.5 Å². The molecule has 4 atom stereocenters. The fourth-order valence-electron chi connectivity index (χ4n) is 4.76. The topological polar surface area (TPSA) is 135 Å². The zero-order chi connectivity index (χ0) is 26.5. The molecule has 2 aliphatic carbocycles. The number of carbonyl (C=O) groups excluding carboxylic acids is 3. The van der Waals surface area contributed by atoms with Crippen molar-refractivity contribution in [3.05, 3.63) is 32.9 Å². The van der Waals surface area contributed by atoms with Crippen LogP contribution < -0.4 is 14.8 Å². The van der Waals surface area contributed by atoms with Gasteiger partial charge in [-0.25, -0.2) is 0 Å². The maximum Gasteiger partial charge on any atom is 0.252 e. The molecule has 1 aromatic carbocycles. The number of hydrogen-bond acceptors (Lipinski definition) is 8. The summed E-state index contributed by atoms with van der Waals surface area (Å²) in [5, 5.41) is 23.4. The molecule has 1 heterocycles. The zero-order valence-corrected chi connectivity index (χ0v) is 22.9. The van der Waals surface area contributed by atoms with Gasteiger partial charge in [0, 0.05) is 37.3 Å². The molecular weight excluding hydrogens is 595 g/mol. The number of aldehydes is 1. The van der Waals surface area contributed by atoms with E-state index in [0.717, 1.165) is 19.3 Å². The molecule has 0 spiro atoms. The average molecular weight is 628 g/mol. The van der Waals surface area contributed by atoms with Gasteiger partial charge in [0.25, 0.3) is 5.91 Å². The molecular formula is C26H33IN2O8. The van der Waals surface area contributed by atoms with E-state index in [9.17, 15) is 19.5 Å². The molecule has 1 unspecified atom stereocenters. The van der Waals surface area contributed by atoms with E-state index in [1.54, 1.807) is 17.0 Å². The van der Waals surface area contributed by atoms with Gasteiger partial charge < -0.3 is 34.6 Å². The Bertz CT molecular complexity index is 1040. The average Bonchev–Trinajstić information content (AvgIpc) is 3.56. The van der Waals surface area contributed by atoms with Gasteiger partial charge in [-0.3, -0.25) is 14.4 Å². The predicted octanol–water partition coefficient (Wildman–Crippen LogP) is 1.45. The number of aliphatic hydroxyl groups excluding tert-OH is 2. The minimum Gasteiger partial charge on any atom is -0.493 e. The number of ether oxygens (including phenoxy) is 3. The Balaban J connectivity index is 1.67. The third-order valence-corrected chi connectivity index (χ3v) is 7.70. The van der Waals surface area contributed by atoms with E-state index in [4.69, 9.17) is 19.3 Å². The van der Waals surface area contributed by atoms with Crippen LogP contribution in [0.15, 0.2) is 23.8 Å². The van der Waals surface area contributed by atoms with Crippen molar-refractivity contribution in [1.29, 1.82) is 0 Å². The van der Waals surface area contributed by atoms with Gasteiger partial charge in [-0.15, -0.1) is 0 Å². The number of aliphatic hydroxyl groups is 2. The summed E-state index contributed by atoms with van der Waals surface area (Å²) in [5.41, 5.74) is 0.765. The Morgan fingerprint density at radius 3 is 2.70 bits per heavy atom. The SMILES string of the molecule is COc1cc(C=O)cc(I)c1O[C@H]1C=C(C(=O)NCCO)C[C@@H](N(CC2CC2)C(=O)C2CCCO2)[C@@H]1O. The number of amides is 2. The highest BCUT2D eigenvalue weighted by atomic mass is 127. The Kier molecular flexibility index (Phi) is 9.43. The van der Waals surface area contributed by atoms with Gasteiger partial charge in [0.05, 0.1) is 23.3 Å². The molecule has 1 aliphatic heterocycles. The quantitative estimate of drug-likeness (QED) is 0.248. The first-order valence-electron chi connectivity index (χ1n) is 12.6. The monoisotopic (exact) mass is 628 g/mol. The summed E-state index contributed by atoms with van der Waals surface area (Å²) in [7, 11) is 1.45. The molecule has 1 saturated carbocycles. The predicted molar refractivity (Wildman–Crippen MR) is 142 cm³/mol. The van der Waals surface area contributed by atoms with Crippen LogP contribution in [0.5, 0.6) is 11.5 Å². The van der Waals surface area contributed by atoms with Crippen molar-refractivity contribution in [3.63, 3.8) is 0 Å². The van der Waals surface area contributed by atoms with E-state index in [2.05, 4.69) is 5.32 Å². The molecule has 0 aromatic heterocycles. The van der Waals surface area contributed by atoms with Crippen molar-refractivity contribution >= 4 is 40.7 Å². The summed E-state index contributed by atoms with van der Waals surface area (Å²) in [5.74, 6) is 0.420. The Morgan fingerprint density at radius 2 is 2.08 bits per heavy atom. The molecule has 1 saturated heterocycles. The molecule has 202 valence electrons. The third-order valence-electron chi connectivity index (χ3n) is 6.90. The first-order valence-corrected chi connectivity index (χ1v) is 13.6. The standard InChI is InChI=1S/C26H33IN2O8/c1-35-22-10-16(14-31)9-18(27)24(22)37-21-12-17(25(33)28-6-7-30)11-19(23(21)32)29(13-15-4-5-15)26(34)20-3-2-8-36-20/h9-10,12,14-15,19-21,23,30,32H,2-8,11,13H2,1H3,(H,28,33)/t19-,20?,21+,23+/m1/s1. The minimum absolute atomic E-state index is 0.0778. The third kappa shape index (κ3) is 6.62. The van der Waals surface area contributed by atoms with Gasteiger partial charge >= 0.3 is 0 Å². The highest BCUT2D eigenvalue weighted by molar-refractivity contribution is 14.1. The highest BCUT2D eigenvalue weighted by Crippen LogP contribution is 2.38. The van der Waals surface area contributed by atoms with Crippen molar-refractivity contribution in [2.75, 3.05) is 33.4 Å². The van der Waals surface area contributed by atoms with Crippen molar-refractivity contribution in [2.24, 2.45) is 5.92 Å². The number of nitrogens with one attached hydrogen (secondary N) is 1. The van der Waals surface area contributed by atoms with E-state index < -0.39 is 30.3 Å². The first kappa shape index (κ1) is 27.8. The van der Waals surface area contributed by atoms with E-state index >= 15 is 0 Å². The van der Waals surface area contributed by atoms with Gasteiger partial charge in [0.1, 0.15) is 24.6 Å². The van der Waals surface area contributed by atoms with Crippen LogP contribution in [0, 0.1) is 9.49 Å². The lowest BCUT2D eigenvalue weighted by Gasteiger charge is -2.41. The Labute approximate surface area is 229 Å². The van der Waals surface area contributed by atoms with Gasteiger partial charge in [-0.05, 0) is 72.4 Å². The van der Waals surface area contributed by atoms with Crippen molar-refractivity contribution < 1.29 is 38.8 Å². The van der Waals surface area contributed by atoms with Crippen LogP contribution in [-0.2, 0) is 14.3 Å². The maximum atomic E-state index is 13.5. The summed E-state index contributed by atoms with van der Waals surface area (Å²) in [4.78, 5) is 39.5.